The fourth-order valence-corrected chi connectivity index (χ4v) is 3.02. The molecule has 0 heterocycles. The van der Waals surface area contributed by atoms with E-state index in [9.17, 15) is 4.79 Å². The number of aliphatic carboxylic acids is 1. The number of aliphatic hydroxyl groups is 2. The van der Waals surface area contributed by atoms with Gasteiger partial charge in [0, 0.05) is 19.6 Å². The van der Waals surface area contributed by atoms with Gasteiger partial charge in [-0.05, 0) is 56.3 Å². The Morgan fingerprint density at radius 3 is 2.00 bits per heavy atom. The average Bonchev–Trinajstić information content (AvgIpc) is 2.29. The van der Waals surface area contributed by atoms with Gasteiger partial charge in [0.1, 0.15) is 0 Å². The molecule has 0 aromatic rings. The Morgan fingerprint density at radius 1 is 1.06 bits per heavy atom. The molecular formula is C13H23O4. The lowest BCUT2D eigenvalue weighted by Crippen LogP contribution is -2.30. The number of rotatable bonds is 7. The third-order valence-corrected chi connectivity index (χ3v) is 3.84. The first kappa shape index (κ1) is 14.5. The number of aliphatic hydroxyl groups excluding tert-OH is 2. The summed E-state index contributed by atoms with van der Waals surface area (Å²) in [6.07, 6.45) is 6.48. The summed E-state index contributed by atoms with van der Waals surface area (Å²) < 4.78 is 0. The molecule has 4 nitrogen and oxygen atoms in total. The van der Waals surface area contributed by atoms with Gasteiger partial charge in [-0.1, -0.05) is 0 Å². The van der Waals surface area contributed by atoms with Crippen molar-refractivity contribution in [1.82, 2.24) is 0 Å². The third-order valence-electron chi connectivity index (χ3n) is 3.84. The van der Waals surface area contributed by atoms with Crippen molar-refractivity contribution in [2.24, 2.45) is 17.8 Å². The van der Waals surface area contributed by atoms with E-state index in [4.69, 9.17) is 15.3 Å². The second-order valence-electron chi connectivity index (χ2n) is 4.90. The molecule has 1 radical (unpaired) electrons. The van der Waals surface area contributed by atoms with Crippen molar-refractivity contribution in [3.8, 4) is 0 Å². The van der Waals surface area contributed by atoms with Gasteiger partial charge in [0.2, 0.25) is 0 Å². The standard InChI is InChI=1S/C13H23O4/c14-8-6-10-2-1-3-11(7-9-15)12(10)4-5-13(16)17/h1,10-12,14-15H,2-9H2,(H,16,17). The van der Waals surface area contributed by atoms with Crippen LogP contribution < -0.4 is 0 Å². The van der Waals surface area contributed by atoms with Crippen molar-refractivity contribution in [2.45, 2.75) is 38.5 Å². The minimum absolute atomic E-state index is 0.161. The zero-order chi connectivity index (χ0) is 12.7. The number of hydrogen-bond acceptors (Lipinski definition) is 3. The molecule has 1 aliphatic rings. The zero-order valence-electron chi connectivity index (χ0n) is 10.2. The summed E-state index contributed by atoms with van der Waals surface area (Å²) in [5, 5.41) is 26.9. The van der Waals surface area contributed by atoms with E-state index < -0.39 is 5.97 Å². The van der Waals surface area contributed by atoms with Crippen LogP contribution in [0.3, 0.4) is 0 Å². The van der Waals surface area contributed by atoms with Crippen LogP contribution in [0.5, 0.6) is 0 Å². The van der Waals surface area contributed by atoms with E-state index in [-0.39, 0.29) is 19.6 Å². The second kappa shape index (κ2) is 7.67. The highest BCUT2D eigenvalue weighted by atomic mass is 16.4. The van der Waals surface area contributed by atoms with Gasteiger partial charge < -0.3 is 15.3 Å². The molecule has 0 spiro atoms. The minimum atomic E-state index is -0.759. The summed E-state index contributed by atoms with van der Waals surface area (Å²) in [5.41, 5.74) is 0. The van der Waals surface area contributed by atoms with Crippen LogP contribution in [0.25, 0.3) is 0 Å². The van der Waals surface area contributed by atoms with Gasteiger partial charge in [-0.15, -0.1) is 0 Å². The van der Waals surface area contributed by atoms with E-state index in [2.05, 4.69) is 6.42 Å². The molecule has 1 aliphatic carbocycles. The van der Waals surface area contributed by atoms with Crippen molar-refractivity contribution in [3.63, 3.8) is 0 Å². The van der Waals surface area contributed by atoms with Gasteiger partial charge in [-0.2, -0.15) is 0 Å². The molecule has 0 bridgehead atoms. The molecule has 3 N–H and O–H groups in total. The van der Waals surface area contributed by atoms with Gasteiger partial charge >= 0.3 is 5.97 Å². The number of hydrogen-bond donors (Lipinski definition) is 3. The van der Waals surface area contributed by atoms with Crippen molar-refractivity contribution in [3.05, 3.63) is 6.42 Å². The van der Waals surface area contributed by atoms with Gasteiger partial charge in [0.05, 0.1) is 0 Å². The maximum atomic E-state index is 10.7. The normalized spacial score (nSPS) is 29.2. The van der Waals surface area contributed by atoms with Crippen LogP contribution in [-0.2, 0) is 4.79 Å². The Morgan fingerprint density at radius 2 is 1.59 bits per heavy atom. The van der Waals surface area contributed by atoms with E-state index in [1.807, 2.05) is 0 Å². The lowest BCUT2D eigenvalue weighted by atomic mass is 9.68. The van der Waals surface area contributed by atoms with E-state index >= 15 is 0 Å². The SMILES string of the molecule is O=C(O)CCC1C(CCO)C[CH]CC1CCO. The van der Waals surface area contributed by atoms with Crippen LogP contribution in [0.1, 0.15) is 38.5 Å². The van der Waals surface area contributed by atoms with Crippen molar-refractivity contribution in [1.29, 1.82) is 0 Å². The van der Waals surface area contributed by atoms with E-state index in [0.29, 0.717) is 24.2 Å². The lowest BCUT2D eigenvalue weighted by molar-refractivity contribution is -0.137. The first-order chi connectivity index (χ1) is 8.19. The first-order valence-corrected chi connectivity index (χ1v) is 6.44. The molecule has 1 rings (SSSR count). The highest BCUT2D eigenvalue weighted by molar-refractivity contribution is 5.66. The Hall–Kier alpha value is -0.610. The van der Waals surface area contributed by atoms with E-state index in [1.54, 1.807) is 0 Å². The molecule has 0 aliphatic heterocycles. The topological polar surface area (TPSA) is 77.8 Å². The highest BCUT2D eigenvalue weighted by Crippen LogP contribution is 2.40. The van der Waals surface area contributed by atoms with Crippen LogP contribution in [-0.4, -0.2) is 34.5 Å². The third kappa shape index (κ3) is 4.64. The molecule has 4 heteroatoms. The maximum Gasteiger partial charge on any atom is 0.303 e. The molecule has 0 saturated heterocycles. The van der Waals surface area contributed by atoms with Gasteiger partial charge in [-0.25, -0.2) is 0 Å². The van der Waals surface area contributed by atoms with Crippen LogP contribution in [0, 0.1) is 24.2 Å². The second-order valence-corrected chi connectivity index (χ2v) is 4.90. The Bertz CT molecular complexity index is 211. The van der Waals surface area contributed by atoms with Crippen molar-refractivity contribution in [2.75, 3.05) is 13.2 Å². The summed E-state index contributed by atoms with van der Waals surface area (Å²) in [4.78, 5) is 10.7. The molecule has 1 fully saturated rings. The van der Waals surface area contributed by atoms with Crippen LogP contribution in [0.2, 0.25) is 0 Å². The van der Waals surface area contributed by atoms with Gasteiger partial charge in [0.15, 0.2) is 0 Å². The summed E-state index contributed by atoms with van der Waals surface area (Å²) in [6.45, 7) is 0.321. The largest absolute Gasteiger partial charge is 0.481 e. The Labute approximate surface area is 103 Å². The van der Waals surface area contributed by atoms with Gasteiger partial charge in [0.25, 0.3) is 0 Å². The monoisotopic (exact) mass is 243 g/mol. The van der Waals surface area contributed by atoms with Crippen molar-refractivity contribution < 1.29 is 20.1 Å². The zero-order valence-corrected chi connectivity index (χ0v) is 10.2. The summed E-state index contributed by atoms with van der Waals surface area (Å²) >= 11 is 0. The molecule has 2 unspecified atom stereocenters. The fourth-order valence-electron chi connectivity index (χ4n) is 3.02. The van der Waals surface area contributed by atoms with Crippen LogP contribution >= 0.6 is 0 Å². The Balaban J connectivity index is 2.58. The molecule has 17 heavy (non-hydrogen) atoms. The predicted molar refractivity (Wildman–Crippen MR) is 64.3 cm³/mol. The smallest absolute Gasteiger partial charge is 0.303 e. The lowest BCUT2D eigenvalue weighted by Gasteiger charge is -2.38. The highest BCUT2D eigenvalue weighted by Gasteiger charge is 2.32. The summed E-state index contributed by atoms with van der Waals surface area (Å²) in [6, 6.07) is 0. The summed E-state index contributed by atoms with van der Waals surface area (Å²) in [7, 11) is 0. The van der Waals surface area contributed by atoms with Gasteiger partial charge in [-0.3, -0.25) is 4.79 Å². The average molecular weight is 243 g/mol. The molecular weight excluding hydrogens is 220 g/mol. The molecule has 0 aromatic carbocycles. The Kier molecular flexibility index (Phi) is 6.52. The number of carbonyl (C=O) groups is 1. The molecule has 0 amide bonds. The molecule has 1 saturated carbocycles. The summed E-state index contributed by atoms with van der Waals surface area (Å²) in [5.74, 6) is 0.328. The molecule has 2 atom stereocenters. The number of carboxylic acid groups (broad SMARTS) is 1. The fraction of sp³-hybridized carbons (Fsp3) is 0.846. The molecule has 99 valence electrons. The van der Waals surface area contributed by atoms with E-state index in [1.165, 1.54) is 0 Å². The maximum absolute atomic E-state index is 10.7. The van der Waals surface area contributed by atoms with E-state index in [0.717, 1.165) is 25.7 Å². The van der Waals surface area contributed by atoms with Crippen molar-refractivity contribution >= 4 is 5.97 Å². The quantitative estimate of drug-likeness (QED) is 0.632. The van der Waals surface area contributed by atoms with Crippen LogP contribution in [0.15, 0.2) is 0 Å². The first-order valence-electron chi connectivity index (χ1n) is 6.44. The number of carboxylic acids is 1. The minimum Gasteiger partial charge on any atom is -0.481 e. The van der Waals surface area contributed by atoms with Crippen LogP contribution in [0.4, 0.5) is 0 Å². The molecule has 0 aromatic heterocycles. The predicted octanol–water partition coefficient (Wildman–Crippen LogP) is 1.46.